The van der Waals surface area contributed by atoms with E-state index in [1.165, 1.54) is 6.92 Å². The van der Waals surface area contributed by atoms with Gasteiger partial charge in [-0.1, -0.05) is 0 Å². The van der Waals surface area contributed by atoms with E-state index in [1.54, 1.807) is 0 Å². The van der Waals surface area contributed by atoms with E-state index in [1.807, 2.05) is 0 Å². The van der Waals surface area contributed by atoms with Crippen LogP contribution in [0.5, 0.6) is 0 Å². The van der Waals surface area contributed by atoms with Crippen LogP contribution in [-0.4, -0.2) is 517 Å². The highest BCUT2D eigenvalue weighted by Crippen LogP contribution is 2.42. The number of ether oxygens (including phenoxy) is 19. The molecular weight excluding hydrogens is 1640 g/mol. The maximum absolute atomic E-state index is 13.4. The van der Waals surface area contributed by atoms with Crippen molar-refractivity contribution in [2.24, 2.45) is 0 Å². The lowest BCUT2D eigenvalue weighted by Crippen LogP contribution is -2.71. The summed E-state index contributed by atoms with van der Waals surface area (Å²) in [6, 6.07) is -7.37. The first-order chi connectivity index (χ1) is 56.8. The molecule has 0 saturated carbocycles. The van der Waals surface area contributed by atoms with Gasteiger partial charge in [0.25, 0.3) is 0 Å². The summed E-state index contributed by atoms with van der Waals surface area (Å²) in [5.41, 5.74) is 0. The summed E-state index contributed by atoms with van der Waals surface area (Å²) in [7, 11) is 0. The Balaban J connectivity index is 1.00. The predicted octanol–water partition coefficient (Wildman–Crippen LogP) is -20.6. The fourth-order valence-corrected chi connectivity index (χ4v) is 15.7. The van der Waals surface area contributed by atoms with Crippen molar-refractivity contribution in [2.75, 3.05) is 59.5 Å². The van der Waals surface area contributed by atoms with Crippen LogP contribution in [-0.2, 0) is 109 Å². The lowest BCUT2D eigenvalue weighted by atomic mass is 9.93. The van der Waals surface area contributed by atoms with Crippen LogP contribution in [0, 0.1) is 0 Å². The average Bonchev–Trinajstić information content (AvgIpc) is 1.14. The van der Waals surface area contributed by atoms with Crippen LogP contribution in [0.1, 0.15) is 34.6 Å². The summed E-state index contributed by atoms with van der Waals surface area (Å²) >= 11 is 0. The van der Waals surface area contributed by atoms with Gasteiger partial charge in [-0.3, -0.25) is 19.2 Å². The molecule has 0 radical (unpaired) electrons. The second-order valence-electron chi connectivity index (χ2n) is 30.5. The van der Waals surface area contributed by atoms with Gasteiger partial charge < -0.3 is 244 Å². The summed E-state index contributed by atoms with van der Waals surface area (Å²) in [6.07, 6.45) is -93.2. The Morgan fingerprint density at radius 2 is 0.525 bits per heavy atom. The van der Waals surface area contributed by atoms with Gasteiger partial charge in [0.2, 0.25) is 23.6 Å². The molecule has 694 valence electrons. The number of carbonyl (C=O) groups excluding carboxylic acids is 4. The molecule has 0 bridgehead atoms. The van der Waals surface area contributed by atoms with Crippen molar-refractivity contribution in [2.45, 2.75) is 335 Å². The molecule has 0 spiro atoms. The summed E-state index contributed by atoms with van der Waals surface area (Å²) < 4.78 is 114. The van der Waals surface area contributed by atoms with Gasteiger partial charge in [-0.25, -0.2) is 0 Å². The standard InChI is InChI=1S/C67H112N4O49/c1-15-33(84)41(92)46(97)63(103-15)118-55-31(70-18(4)82)58(101)104-27(13-79)53(55)116-60-30(69-17(3)81)40(91)50(24(10-76)109-60)115-67-57(120-64-45(96)36(87)22(8-74)108-64)56(38(89)28(112-67)14-102-62-48(99)43(94)51(25(11-77)110-62)113-59-29(68-16(2)80)39(90)34(85)20(6-72)105-59)119-66-49(100)44(95)52(26(12-78)111-66)114-61-32(71-19(5)83)54(37(88)23(9-75)106-61)117-65-47(98)42(93)35(86)21(7-73)107-65/h15,20-67,72-79,84-101H,6-14H2,1-5H3,(H,68,80)(H,69,81)(H,70,82)(H,71,83)/t15-,20+,21+,22+,23+,24+,25+,26+,27+,28+,29+,30+,31+,32+,33+,34+,35-,36-,37+,38+,39+,40+,41+,42-,43-,44+,45+,46-,47+,48-,49-,50+,51+,52+,53+,54+,55+,56-,57-,58+,59-,60-,61-,62-,63-,64-,65-,66+,67-/m0/s1. The fourth-order valence-electron chi connectivity index (χ4n) is 15.7. The van der Waals surface area contributed by atoms with Crippen molar-refractivity contribution in [1.82, 2.24) is 21.3 Å². The molecule has 0 aromatic rings. The summed E-state index contributed by atoms with van der Waals surface area (Å²) in [5.74, 6) is -3.62. The third-order valence-electron chi connectivity index (χ3n) is 22.1. The van der Waals surface area contributed by atoms with Crippen molar-refractivity contribution < 1.29 is 242 Å². The second-order valence-corrected chi connectivity index (χ2v) is 30.5. The number of hydrogen-bond acceptors (Lipinski definition) is 49. The van der Waals surface area contributed by atoms with Gasteiger partial charge in [0.05, 0.1) is 65.6 Å². The Kier molecular flexibility index (Phi) is 35.0. The van der Waals surface area contributed by atoms with E-state index >= 15 is 0 Å². The molecule has 10 fully saturated rings. The Morgan fingerprint density at radius 1 is 0.233 bits per heavy atom. The number of aliphatic hydroxyl groups is 26. The molecule has 49 atom stereocenters. The quantitative estimate of drug-likeness (QED) is 0.0306. The molecule has 10 saturated heterocycles. The lowest BCUT2D eigenvalue weighted by Gasteiger charge is -2.52. The molecule has 10 aliphatic rings. The third kappa shape index (κ3) is 21.4. The topological polar surface area (TPSA) is 818 Å². The highest BCUT2D eigenvalue weighted by atomic mass is 16.8. The number of aliphatic hydroxyl groups excluding tert-OH is 26. The molecule has 120 heavy (non-hydrogen) atoms. The normalized spacial score (nSPS) is 49.6. The lowest BCUT2D eigenvalue weighted by molar-refractivity contribution is -0.403. The van der Waals surface area contributed by atoms with Crippen LogP contribution >= 0.6 is 0 Å². The number of carbonyl (C=O) groups is 4. The Hall–Kier alpha value is -3.92. The van der Waals surface area contributed by atoms with E-state index < -0.39 is 384 Å². The summed E-state index contributed by atoms with van der Waals surface area (Å²) in [5, 5.41) is 300. The Labute approximate surface area is 679 Å². The van der Waals surface area contributed by atoms with Crippen LogP contribution in [0.2, 0.25) is 0 Å². The van der Waals surface area contributed by atoms with Gasteiger partial charge in [0, 0.05) is 27.7 Å². The van der Waals surface area contributed by atoms with E-state index in [4.69, 9.17) is 90.0 Å². The summed E-state index contributed by atoms with van der Waals surface area (Å²) in [6.45, 7) is -4.93. The van der Waals surface area contributed by atoms with Crippen molar-refractivity contribution in [3.63, 3.8) is 0 Å². The van der Waals surface area contributed by atoms with E-state index in [0.29, 0.717) is 0 Å². The van der Waals surface area contributed by atoms with Crippen LogP contribution in [0.25, 0.3) is 0 Å². The first-order valence-corrected chi connectivity index (χ1v) is 38.4. The van der Waals surface area contributed by atoms with Crippen molar-refractivity contribution in [3.8, 4) is 0 Å². The SMILES string of the molecule is CC(=O)N[C@@H]1[C@@H](O[C@@H]2O[C@@H](C)[C@@H](O)[C@@H](O)[C@@H]2O)[C@H](O[C@@H]2O[C@H](CO)[C@@H](O[C@@H]3O[C@H](CO[C@H]4O[C@H](CO)[C@@H](O[C@@H]5O[C@H](CO)[C@@H](O)[C@H](O)[C@H]5NC(C)=O)[C@@H](O)[C@@H]4O)[C@@H](O)[C@H](O[C@H]4O[C@H](CO)[C@@H](O[C@@H]5O[C@H](CO)[C@@H](O)[C@H](O[C@@H]6O[C@H](CO)[C@H](O)[C@H](O)[C@H]6O)[C@H]5NC(C)=O)[C@H](O)[C@@H]4O)[C@@H]3O[C@@H]3O[C@H](CO)[C@H](O)[C@H]3O)[C@H](O)[C@H]2NC(C)=O)[C@@H](CO)O[C@H]1O. The van der Waals surface area contributed by atoms with Gasteiger partial charge in [0.15, 0.2) is 62.9 Å². The van der Waals surface area contributed by atoms with Crippen molar-refractivity contribution in [1.29, 1.82) is 0 Å². The van der Waals surface area contributed by atoms with Crippen LogP contribution in [0.4, 0.5) is 0 Å². The maximum atomic E-state index is 13.4. The highest BCUT2D eigenvalue weighted by Gasteiger charge is 2.62. The molecule has 0 aromatic heterocycles. The molecule has 30 N–H and O–H groups in total. The van der Waals surface area contributed by atoms with Gasteiger partial charge in [0.1, 0.15) is 232 Å². The molecule has 4 amide bonds. The van der Waals surface area contributed by atoms with Crippen molar-refractivity contribution >= 4 is 23.6 Å². The van der Waals surface area contributed by atoms with Crippen molar-refractivity contribution in [3.05, 3.63) is 0 Å². The van der Waals surface area contributed by atoms with E-state index in [9.17, 15) is 152 Å². The molecule has 10 aliphatic heterocycles. The first-order valence-electron chi connectivity index (χ1n) is 38.4. The average molecular weight is 1760 g/mol. The summed E-state index contributed by atoms with van der Waals surface area (Å²) in [4.78, 5) is 51.4. The van der Waals surface area contributed by atoms with E-state index in [0.717, 1.165) is 27.7 Å². The molecule has 0 aliphatic carbocycles. The smallest absolute Gasteiger partial charge is 0.217 e. The first kappa shape index (κ1) is 98.3. The predicted molar refractivity (Wildman–Crippen MR) is 369 cm³/mol. The maximum Gasteiger partial charge on any atom is 0.217 e. The fraction of sp³-hybridized carbons (Fsp3) is 0.940. The number of rotatable bonds is 31. The molecule has 0 aromatic carbocycles. The van der Waals surface area contributed by atoms with Crippen LogP contribution < -0.4 is 21.3 Å². The zero-order valence-corrected chi connectivity index (χ0v) is 64.7. The second kappa shape index (κ2) is 42.8. The Bertz CT molecular complexity index is 3230. The zero-order valence-electron chi connectivity index (χ0n) is 64.7. The number of nitrogens with one attached hydrogen (secondary N) is 4. The molecule has 53 heteroatoms. The van der Waals surface area contributed by atoms with Gasteiger partial charge >= 0.3 is 0 Å². The van der Waals surface area contributed by atoms with Gasteiger partial charge in [-0.05, 0) is 6.92 Å². The minimum Gasteiger partial charge on any atom is -0.394 e. The molecule has 53 nitrogen and oxygen atoms in total. The largest absolute Gasteiger partial charge is 0.394 e. The minimum absolute atomic E-state index is 0.810. The van der Waals surface area contributed by atoms with Gasteiger partial charge in [-0.2, -0.15) is 0 Å². The zero-order chi connectivity index (χ0) is 88.2. The van der Waals surface area contributed by atoms with E-state index in [2.05, 4.69) is 21.3 Å². The third-order valence-corrected chi connectivity index (χ3v) is 22.1. The Morgan fingerprint density at radius 3 is 1.02 bits per heavy atom. The molecule has 10 heterocycles. The van der Waals surface area contributed by atoms with Crippen LogP contribution in [0.15, 0.2) is 0 Å². The molecular formula is C67H112N4O49. The number of amides is 4. The monoisotopic (exact) mass is 1760 g/mol. The van der Waals surface area contributed by atoms with Crippen LogP contribution in [0.3, 0.4) is 0 Å². The number of hydrogen-bond donors (Lipinski definition) is 30. The minimum atomic E-state index is -2.58. The highest BCUT2D eigenvalue weighted by molar-refractivity contribution is 5.74. The molecule has 10 rings (SSSR count). The van der Waals surface area contributed by atoms with Gasteiger partial charge in [-0.15, -0.1) is 0 Å². The van der Waals surface area contributed by atoms with E-state index in [-0.39, 0.29) is 0 Å². The molecule has 0 unspecified atom stereocenters.